The lowest BCUT2D eigenvalue weighted by Gasteiger charge is -2.09. The van der Waals surface area contributed by atoms with Gasteiger partial charge in [0.2, 0.25) is 0 Å². The number of halogens is 2. The third-order valence-electron chi connectivity index (χ3n) is 3.82. The quantitative estimate of drug-likeness (QED) is 0.780. The Balaban J connectivity index is 1.83. The molecule has 0 unspecified atom stereocenters. The number of methoxy groups -OCH3 is 2. The molecule has 0 saturated carbocycles. The van der Waals surface area contributed by atoms with E-state index in [1.165, 1.54) is 0 Å². The van der Waals surface area contributed by atoms with Gasteiger partial charge in [0.1, 0.15) is 11.5 Å². The van der Waals surface area contributed by atoms with Crippen LogP contribution < -0.4 is 14.8 Å². The van der Waals surface area contributed by atoms with Gasteiger partial charge in [-0.15, -0.1) is 0 Å². The minimum Gasteiger partial charge on any atom is -0.493 e. The average Bonchev–Trinajstić information content (AvgIpc) is 2.96. The van der Waals surface area contributed by atoms with Gasteiger partial charge in [0.25, 0.3) is 5.91 Å². The third-order valence-corrected chi connectivity index (χ3v) is 4.38. The number of amidine groups is 1. The fraction of sp³-hybridized carbons (Fsp3) is 0.158. The van der Waals surface area contributed by atoms with Crippen molar-refractivity contribution in [2.45, 2.75) is 6.42 Å². The van der Waals surface area contributed by atoms with Gasteiger partial charge in [0, 0.05) is 16.5 Å². The van der Waals surface area contributed by atoms with Crippen LogP contribution in [0.2, 0.25) is 10.0 Å². The summed E-state index contributed by atoms with van der Waals surface area (Å²) in [6.07, 6.45) is 2.09. The Hall–Kier alpha value is -2.50. The minimum atomic E-state index is -0.272. The molecule has 2 aromatic carbocycles. The van der Waals surface area contributed by atoms with Crippen LogP contribution in [-0.2, 0) is 11.2 Å². The number of benzene rings is 2. The van der Waals surface area contributed by atoms with Crippen LogP contribution in [-0.4, -0.2) is 26.0 Å². The third kappa shape index (κ3) is 4.00. The number of nitrogens with one attached hydrogen (secondary N) is 1. The summed E-state index contributed by atoms with van der Waals surface area (Å²) >= 11 is 12.0. The van der Waals surface area contributed by atoms with Crippen molar-refractivity contribution in [1.82, 2.24) is 5.32 Å². The summed E-state index contributed by atoms with van der Waals surface area (Å²) in [5, 5.41) is 3.76. The lowest BCUT2D eigenvalue weighted by molar-refractivity contribution is -0.115. The van der Waals surface area contributed by atoms with Crippen LogP contribution in [0, 0.1) is 0 Å². The number of aliphatic imine (C=N–C) groups is 1. The number of hydrogen-bond acceptors (Lipinski definition) is 4. The molecule has 26 heavy (non-hydrogen) atoms. The fourth-order valence-corrected chi connectivity index (χ4v) is 3.01. The predicted molar refractivity (Wildman–Crippen MR) is 103 cm³/mol. The molecule has 5 nitrogen and oxygen atoms in total. The van der Waals surface area contributed by atoms with E-state index < -0.39 is 0 Å². The molecule has 0 spiro atoms. The molecule has 0 bridgehead atoms. The first-order valence-corrected chi connectivity index (χ1v) is 8.52. The zero-order chi connectivity index (χ0) is 18.7. The number of carbonyl (C=O) groups is 1. The van der Waals surface area contributed by atoms with Crippen molar-refractivity contribution in [3.05, 3.63) is 63.3 Å². The SMILES string of the molecule is COc1ccc(CC2=N/C(=C\c3ccc(Cl)cc3Cl)C(=O)N2)cc1OC. The highest BCUT2D eigenvalue weighted by Gasteiger charge is 2.21. The molecular formula is C19H16Cl2N2O3. The Morgan fingerprint density at radius 2 is 1.85 bits per heavy atom. The summed E-state index contributed by atoms with van der Waals surface area (Å²) in [6, 6.07) is 10.6. The number of ether oxygens (including phenoxy) is 2. The monoisotopic (exact) mass is 390 g/mol. The van der Waals surface area contributed by atoms with Crippen molar-refractivity contribution in [2.75, 3.05) is 14.2 Å². The van der Waals surface area contributed by atoms with Crippen molar-refractivity contribution in [3.8, 4) is 11.5 Å². The molecule has 0 fully saturated rings. The molecule has 0 aliphatic carbocycles. The van der Waals surface area contributed by atoms with Gasteiger partial charge in [-0.2, -0.15) is 0 Å². The van der Waals surface area contributed by atoms with Crippen molar-refractivity contribution in [3.63, 3.8) is 0 Å². The molecule has 3 rings (SSSR count). The molecule has 0 radical (unpaired) electrons. The van der Waals surface area contributed by atoms with E-state index >= 15 is 0 Å². The molecule has 0 aromatic heterocycles. The molecule has 1 heterocycles. The Labute approximate surface area is 161 Å². The highest BCUT2D eigenvalue weighted by atomic mass is 35.5. The molecule has 1 aliphatic heterocycles. The molecule has 0 saturated heterocycles. The Morgan fingerprint density at radius 3 is 2.54 bits per heavy atom. The molecule has 0 atom stereocenters. The van der Waals surface area contributed by atoms with E-state index in [0.29, 0.717) is 45.1 Å². The topological polar surface area (TPSA) is 59.9 Å². The summed E-state index contributed by atoms with van der Waals surface area (Å²) in [5.74, 6) is 1.55. The van der Waals surface area contributed by atoms with E-state index in [2.05, 4.69) is 10.3 Å². The number of amides is 1. The molecule has 7 heteroatoms. The summed E-state index contributed by atoms with van der Waals surface area (Å²) in [4.78, 5) is 16.5. The first-order chi connectivity index (χ1) is 12.5. The Kier molecular flexibility index (Phi) is 5.49. The van der Waals surface area contributed by atoms with E-state index in [1.807, 2.05) is 18.2 Å². The summed E-state index contributed by atoms with van der Waals surface area (Å²) in [7, 11) is 3.16. The summed E-state index contributed by atoms with van der Waals surface area (Å²) in [5.41, 5.74) is 1.91. The van der Waals surface area contributed by atoms with Crippen LogP contribution in [0.4, 0.5) is 0 Å². The van der Waals surface area contributed by atoms with E-state index in [4.69, 9.17) is 32.7 Å². The number of carbonyl (C=O) groups excluding carboxylic acids is 1. The zero-order valence-corrected chi connectivity index (χ0v) is 15.7. The van der Waals surface area contributed by atoms with Crippen LogP contribution >= 0.6 is 23.2 Å². The van der Waals surface area contributed by atoms with Gasteiger partial charge in [0.05, 0.1) is 14.2 Å². The van der Waals surface area contributed by atoms with Gasteiger partial charge in [-0.1, -0.05) is 35.3 Å². The molecule has 2 aromatic rings. The second kappa shape index (κ2) is 7.81. The van der Waals surface area contributed by atoms with Crippen LogP contribution in [0.5, 0.6) is 11.5 Å². The van der Waals surface area contributed by atoms with Crippen molar-refractivity contribution in [1.29, 1.82) is 0 Å². The van der Waals surface area contributed by atoms with Crippen molar-refractivity contribution in [2.24, 2.45) is 4.99 Å². The maximum Gasteiger partial charge on any atom is 0.275 e. The summed E-state index contributed by atoms with van der Waals surface area (Å²) < 4.78 is 10.5. The smallest absolute Gasteiger partial charge is 0.275 e. The molecule has 1 N–H and O–H groups in total. The van der Waals surface area contributed by atoms with Crippen LogP contribution in [0.15, 0.2) is 47.1 Å². The lowest BCUT2D eigenvalue weighted by Crippen LogP contribution is -2.25. The highest BCUT2D eigenvalue weighted by molar-refractivity contribution is 6.35. The molecule has 1 amide bonds. The Bertz CT molecular complexity index is 923. The van der Waals surface area contributed by atoms with Crippen molar-refractivity contribution >= 4 is 41.0 Å². The first kappa shape index (κ1) is 18.3. The van der Waals surface area contributed by atoms with Gasteiger partial charge in [-0.05, 0) is 41.5 Å². The van der Waals surface area contributed by atoms with E-state index in [-0.39, 0.29) is 5.91 Å². The number of rotatable bonds is 5. The zero-order valence-electron chi connectivity index (χ0n) is 14.2. The number of nitrogens with zero attached hydrogens (tertiary/aromatic N) is 1. The van der Waals surface area contributed by atoms with Gasteiger partial charge in [-0.3, -0.25) is 4.79 Å². The highest BCUT2D eigenvalue weighted by Crippen LogP contribution is 2.28. The van der Waals surface area contributed by atoms with Crippen LogP contribution in [0.3, 0.4) is 0 Å². The second-order valence-corrected chi connectivity index (χ2v) is 6.42. The van der Waals surface area contributed by atoms with Crippen molar-refractivity contribution < 1.29 is 14.3 Å². The maximum absolute atomic E-state index is 12.2. The molecule has 1 aliphatic rings. The van der Waals surface area contributed by atoms with Gasteiger partial charge in [0.15, 0.2) is 11.5 Å². The average molecular weight is 391 g/mol. The predicted octanol–water partition coefficient (Wildman–Crippen LogP) is 4.12. The van der Waals surface area contributed by atoms with Gasteiger partial charge < -0.3 is 14.8 Å². The van der Waals surface area contributed by atoms with Crippen LogP contribution in [0.1, 0.15) is 11.1 Å². The van der Waals surface area contributed by atoms with E-state index in [9.17, 15) is 4.79 Å². The normalized spacial score (nSPS) is 15.0. The van der Waals surface area contributed by atoms with Gasteiger partial charge in [-0.25, -0.2) is 4.99 Å². The fourth-order valence-electron chi connectivity index (χ4n) is 2.55. The van der Waals surface area contributed by atoms with E-state index in [0.717, 1.165) is 5.56 Å². The summed E-state index contributed by atoms with van der Waals surface area (Å²) in [6.45, 7) is 0. The van der Waals surface area contributed by atoms with Crippen LogP contribution in [0.25, 0.3) is 6.08 Å². The maximum atomic E-state index is 12.2. The largest absolute Gasteiger partial charge is 0.493 e. The lowest BCUT2D eigenvalue weighted by atomic mass is 10.1. The van der Waals surface area contributed by atoms with Gasteiger partial charge >= 0.3 is 0 Å². The van der Waals surface area contributed by atoms with E-state index in [1.54, 1.807) is 38.5 Å². The molecule has 134 valence electrons. The first-order valence-electron chi connectivity index (χ1n) is 7.76. The molecular weight excluding hydrogens is 375 g/mol. The Morgan fingerprint density at radius 1 is 1.08 bits per heavy atom. The number of hydrogen-bond donors (Lipinski definition) is 1. The standard InChI is InChI=1S/C19H16Cl2N2O3/c1-25-16-6-3-11(7-17(16)26-2)8-18-22-15(19(24)23-18)9-12-4-5-13(20)10-14(12)21/h3-7,9-10H,8H2,1-2H3,(H,22,23,24)/b15-9-. The second-order valence-electron chi connectivity index (χ2n) is 5.57. The minimum absolute atomic E-state index is 0.272.